The van der Waals surface area contributed by atoms with E-state index in [1.807, 2.05) is 13.0 Å². The second-order valence-electron chi connectivity index (χ2n) is 5.66. The Labute approximate surface area is 120 Å². The fourth-order valence-electron chi connectivity index (χ4n) is 1.50. The number of aliphatic carboxylic acids is 1. The molecule has 5 nitrogen and oxygen atoms in total. The normalized spacial score (nSPS) is 13.5. The number of hydrogen-bond donors (Lipinski definition) is 2. The Morgan fingerprint density at radius 3 is 2.40 bits per heavy atom. The summed E-state index contributed by atoms with van der Waals surface area (Å²) in [6, 6.07) is -0.982. The zero-order chi connectivity index (χ0) is 15.8. The van der Waals surface area contributed by atoms with E-state index in [4.69, 9.17) is 9.84 Å². The van der Waals surface area contributed by atoms with E-state index in [2.05, 4.69) is 11.9 Å². The third-order valence-electron chi connectivity index (χ3n) is 2.38. The Bertz CT molecular complexity index is 380. The first-order valence-electron chi connectivity index (χ1n) is 6.64. The van der Waals surface area contributed by atoms with Crippen LogP contribution in [0.3, 0.4) is 0 Å². The van der Waals surface area contributed by atoms with Crippen molar-refractivity contribution < 1.29 is 19.4 Å². The predicted octanol–water partition coefficient (Wildman–Crippen LogP) is 3.27. The second kappa shape index (κ2) is 8.40. The van der Waals surface area contributed by atoms with Crippen LogP contribution in [-0.2, 0) is 9.53 Å². The summed E-state index contributed by atoms with van der Waals surface area (Å²) in [5.74, 6) is -1.08. The fraction of sp³-hybridized carbons (Fsp3) is 0.600. The van der Waals surface area contributed by atoms with Crippen molar-refractivity contribution in [2.45, 2.75) is 58.6 Å². The van der Waals surface area contributed by atoms with Gasteiger partial charge in [-0.3, -0.25) is 0 Å². The van der Waals surface area contributed by atoms with Gasteiger partial charge in [0.05, 0.1) is 0 Å². The number of amides is 1. The Hall–Kier alpha value is -1.78. The topological polar surface area (TPSA) is 75.6 Å². The minimum Gasteiger partial charge on any atom is -0.480 e. The molecule has 0 aromatic carbocycles. The van der Waals surface area contributed by atoms with Crippen molar-refractivity contribution >= 4 is 12.1 Å². The van der Waals surface area contributed by atoms with Crippen LogP contribution in [0.15, 0.2) is 24.3 Å². The summed E-state index contributed by atoms with van der Waals surface area (Å²) < 4.78 is 5.05. The van der Waals surface area contributed by atoms with Crippen molar-refractivity contribution in [1.82, 2.24) is 5.32 Å². The Balaban J connectivity index is 4.51. The largest absolute Gasteiger partial charge is 0.480 e. The summed E-state index contributed by atoms with van der Waals surface area (Å²) in [5, 5.41) is 11.5. The van der Waals surface area contributed by atoms with Gasteiger partial charge in [-0.05, 0) is 47.0 Å². The number of allylic oxidation sites excluding steroid dienone is 2. The molecule has 0 radical (unpaired) electrons. The van der Waals surface area contributed by atoms with E-state index >= 15 is 0 Å². The molecule has 0 aromatic rings. The molecule has 0 fully saturated rings. The molecule has 0 aliphatic carbocycles. The Kier molecular flexibility index (Phi) is 7.65. The maximum absolute atomic E-state index is 11.6. The minimum absolute atomic E-state index is 0.256. The van der Waals surface area contributed by atoms with E-state index in [1.165, 1.54) is 0 Å². The molecule has 0 rings (SSSR count). The van der Waals surface area contributed by atoms with Crippen LogP contribution >= 0.6 is 0 Å². The molecule has 0 saturated heterocycles. The number of carboxylic acids is 1. The van der Waals surface area contributed by atoms with Crippen molar-refractivity contribution in [3.63, 3.8) is 0 Å². The highest BCUT2D eigenvalue weighted by Gasteiger charge is 2.23. The van der Waals surface area contributed by atoms with E-state index < -0.39 is 23.7 Å². The van der Waals surface area contributed by atoms with Crippen LogP contribution in [0.2, 0.25) is 0 Å². The number of carboxylic acid groups (broad SMARTS) is 1. The predicted molar refractivity (Wildman–Crippen MR) is 78.6 cm³/mol. The molecule has 0 bridgehead atoms. The highest BCUT2D eigenvalue weighted by atomic mass is 16.6. The van der Waals surface area contributed by atoms with Gasteiger partial charge in [-0.1, -0.05) is 17.7 Å². The van der Waals surface area contributed by atoms with Crippen molar-refractivity contribution in [1.29, 1.82) is 0 Å². The van der Waals surface area contributed by atoms with Gasteiger partial charge in [0.15, 0.2) is 0 Å². The van der Waals surface area contributed by atoms with Crippen molar-refractivity contribution in [3.8, 4) is 0 Å². The van der Waals surface area contributed by atoms with Crippen LogP contribution in [0.4, 0.5) is 4.79 Å². The van der Waals surface area contributed by atoms with E-state index in [0.717, 1.165) is 18.4 Å². The number of carbonyl (C=O) groups is 2. The molecule has 0 aliphatic heterocycles. The van der Waals surface area contributed by atoms with E-state index in [1.54, 1.807) is 26.8 Å². The lowest BCUT2D eigenvalue weighted by atomic mass is 10.1. The first-order valence-corrected chi connectivity index (χ1v) is 6.64. The van der Waals surface area contributed by atoms with Crippen LogP contribution < -0.4 is 5.32 Å². The third kappa shape index (κ3) is 9.19. The van der Waals surface area contributed by atoms with Gasteiger partial charge in [0, 0.05) is 0 Å². The zero-order valence-electron chi connectivity index (χ0n) is 12.7. The zero-order valence-corrected chi connectivity index (χ0v) is 12.7. The SMILES string of the molecule is C=CCC/C=C(\C)CC(NC(=O)OC(C)(C)C)C(=O)O. The number of unbranched alkanes of at least 4 members (excludes halogenated alkanes) is 1. The van der Waals surface area contributed by atoms with Crippen LogP contribution in [0, 0.1) is 0 Å². The number of hydrogen-bond acceptors (Lipinski definition) is 3. The lowest BCUT2D eigenvalue weighted by Gasteiger charge is -2.22. The van der Waals surface area contributed by atoms with E-state index in [-0.39, 0.29) is 6.42 Å². The van der Waals surface area contributed by atoms with Gasteiger partial charge in [-0.25, -0.2) is 9.59 Å². The molecule has 114 valence electrons. The Morgan fingerprint density at radius 1 is 1.35 bits per heavy atom. The summed E-state index contributed by atoms with van der Waals surface area (Å²) in [7, 11) is 0. The monoisotopic (exact) mass is 283 g/mol. The van der Waals surface area contributed by atoms with E-state index in [0.29, 0.717) is 0 Å². The van der Waals surface area contributed by atoms with E-state index in [9.17, 15) is 9.59 Å². The minimum atomic E-state index is -1.08. The summed E-state index contributed by atoms with van der Waals surface area (Å²) in [6.07, 6.45) is 4.95. The van der Waals surface area contributed by atoms with Gasteiger partial charge in [0.2, 0.25) is 0 Å². The summed E-state index contributed by atoms with van der Waals surface area (Å²) in [4.78, 5) is 22.7. The molecule has 2 N–H and O–H groups in total. The number of nitrogens with one attached hydrogen (secondary N) is 1. The fourth-order valence-corrected chi connectivity index (χ4v) is 1.50. The highest BCUT2D eigenvalue weighted by Crippen LogP contribution is 2.10. The molecule has 5 heteroatoms. The molecule has 1 amide bonds. The molecule has 0 aliphatic rings. The van der Waals surface area contributed by atoms with Gasteiger partial charge in [-0.15, -0.1) is 6.58 Å². The quantitative estimate of drug-likeness (QED) is 0.555. The van der Waals surface area contributed by atoms with Crippen LogP contribution in [0.25, 0.3) is 0 Å². The maximum atomic E-state index is 11.6. The molecule has 0 spiro atoms. The highest BCUT2D eigenvalue weighted by molar-refractivity contribution is 5.80. The standard InChI is InChI=1S/C15H25NO4/c1-6-7-8-9-11(2)10-12(13(17)18)16-14(19)20-15(3,4)5/h6,9,12H,1,7-8,10H2,2-5H3,(H,16,19)(H,17,18)/b11-9+. The number of carbonyl (C=O) groups excluding carboxylic acids is 1. The third-order valence-corrected chi connectivity index (χ3v) is 2.38. The van der Waals surface area contributed by atoms with Gasteiger partial charge in [0.25, 0.3) is 0 Å². The molecule has 20 heavy (non-hydrogen) atoms. The van der Waals surface area contributed by atoms with Crippen molar-refractivity contribution in [3.05, 3.63) is 24.3 Å². The van der Waals surface area contributed by atoms with Crippen LogP contribution in [0.5, 0.6) is 0 Å². The Morgan fingerprint density at radius 2 is 1.95 bits per heavy atom. The first-order chi connectivity index (χ1) is 9.15. The van der Waals surface area contributed by atoms with Crippen molar-refractivity contribution in [2.75, 3.05) is 0 Å². The number of alkyl carbamates (subject to hydrolysis) is 1. The van der Waals surface area contributed by atoms with Crippen LogP contribution in [0.1, 0.15) is 47.0 Å². The van der Waals surface area contributed by atoms with Crippen LogP contribution in [-0.4, -0.2) is 28.8 Å². The number of ether oxygens (including phenoxy) is 1. The molecule has 0 saturated carbocycles. The van der Waals surface area contributed by atoms with Crippen molar-refractivity contribution in [2.24, 2.45) is 0 Å². The summed E-state index contributed by atoms with van der Waals surface area (Å²) in [6.45, 7) is 10.6. The van der Waals surface area contributed by atoms with Gasteiger partial charge in [0.1, 0.15) is 11.6 Å². The first kappa shape index (κ1) is 18.2. The second-order valence-corrected chi connectivity index (χ2v) is 5.66. The smallest absolute Gasteiger partial charge is 0.408 e. The maximum Gasteiger partial charge on any atom is 0.408 e. The number of rotatable bonds is 7. The molecule has 0 heterocycles. The lowest BCUT2D eigenvalue weighted by Crippen LogP contribution is -2.43. The average molecular weight is 283 g/mol. The summed E-state index contributed by atoms with van der Waals surface area (Å²) >= 11 is 0. The van der Waals surface area contributed by atoms with Gasteiger partial charge in [-0.2, -0.15) is 0 Å². The average Bonchev–Trinajstić information content (AvgIpc) is 2.25. The molecular formula is C15H25NO4. The molecule has 1 unspecified atom stereocenters. The summed E-state index contributed by atoms with van der Waals surface area (Å²) in [5.41, 5.74) is 0.262. The molecule has 0 aromatic heterocycles. The molecular weight excluding hydrogens is 258 g/mol. The van der Waals surface area contributed by atoms with Gasteiger partial charge < -0.3 is 15.2 Å². The lowest BCUT2D eigenvalue weighted by molar-refractivity contribution is -0.139. The van der Waals surface area contributed by atoms with Gasteiger partial charge >= 0.3 is 12.1 Å². The molecule has 1 atom stereocenters.